The van der Waals surface area contributed by atoms with Crippen molar-refractivity contribution in [3.05, 3.63) is 394 Å². The third-order valence-corrected chi connectivity index (χ3v) is 25.0. The summed E-state index contributed by atoms with van der Waals surface area (Å²) in [6.07, 6.45) is 0. The Morgan fingerprint density at radius 2 is 0.483 bits per heavy atom. The van der Waals surface area contributed by atoms with Crippen molar-refractivity contribution >= 4 is 163 Å². The highest BCUT2D eigenvalue weighted by molar-refractivity contribution is 6.30. The Labute approximate surface area is 685 Å². The summed E-state index contributed by atoms with van der Waals surface area (Å²) in [5.74, 6) is 2.07. The summed E-state index contributed by atoms with van der Waals surface area (Å²) >= 11 is 0. The van der Waals surface area contributed by atoms with E-state index >= 15 is 0 Å². The zero-order valence-corrected chi connectivity index (χ0v) is 64.4. The molecule has 120 heavy (non-hydrogen) atoms. The van der Waals surface area contributed by atoms with Gasteiger partial charge < -0.3 is 13.7 Å². The van der Waals surface area contributed by atoms with Crippen LogP contribution in [-0.4, -0.2) is 52.3 Å². The first-order chi connectivity index (χ1) is 59.5. The van der Waals surface area contributed by atoms with Gasteiger partial charge in [0.2, 0.25) is 17.8 Å². The lowest BCUT2D eigenvalue weighted by atomic mass is 9.95. The lowest BCUT2D eigenvalue weighted by molar-refractivity contribution is 0.893. The number of fused-ring (bicyclic) bond motifs is 24. The number of para-hydroxylation sites is 8. The number of benzene rings is 18. The maximum Gasteiger partial charge on any atom is 0.240 e. The van der Waals surface area contributed by atoms with Crippen LogP contribution in [0.5, 0.6) is 0 Å². The molecule has 0 spiro atoms. The Kier molecular flexibility index (Phi) is 14.1. The summed E-state index contributed by atoms with van der Waals surface area (Å²) in [6, 6.07) is 143. The SMILES string of the molecule is c1ccc(-n2c3ccccc3c3ccc4c5ccccc5n(-c5nc(-c6ccc7ccccc7c6)nc(-n6c7ccccc7c7ccc8c9cc(-c%10cc%11c%12ccccc%12n(-c%12ccccc%12)c%11c%11c%10c%10ccccc%10n%11-c%10nc(-c%11ccc%12ccccc%12c%11)cc(-c%11ccc%12ccccc%12c%11)n%10)ccc9n(-c9ccccc9)c8c76)n5)c4c32)cc1. The van der Waals surface area contributed by atoms with Gasteiger partial charge in [0.05, 0.1) is 77.6 Å². The zero-order valence-electron chi connectivity index (χ0n) is 64.4. The molecule has 0 radical (unpaired) electrons. The Hall–Kier alpha value is -16.4. The second kappa shape index (κ2) is 25.6. The minimum Gasteiger partial charge on any atom is -0.307 e. The van der Waals surface area contributed by atoms with Gasteiger partial charge in [-0.1, -0.05) is 285 Å². The smallest absolute Gasteiger partial charge is 0.240 e. The number of hydrogen-bond acceptors (Lipinski definition) is 5. The topological polar surface area (TPSA) is 94.0 Å². The van der Waals surface area contributed by atoms with Crippen LogP contribution < -0.4 is 0 Å². The van der Waals surface area contributed by atoms with Crippen LogP contribution >= 0.6 is 0 Å². The molecule has 0 aliphatic carbocycles. The number of rotatable bonds is 10. The molecular formula is C109H65N11. The minimum atomic E-state index is 0.479. The van der Waals surface area contributed by atoms with E-state index in [0.717, 1.165) is 209 Å². The minimum absolute atomic E-state index is 0.479. The molecule has 26 aromatic rings. The van der Waals surface area contributed by atoms with E-state index in [2.05, 4.69) is 422 Å². The van der Waals surface area contributed by atoms with Crippen LogP contribution in [0.15, 0.2) is 394 Å². The van der Waals surface area contributed by atoms with E-state index in [4.69, 9.17) is 24.9 Å². The summed E-state index contributed by atoms with van der Waals surface area (Å²) < 4.78 is 14.3. The van der Waals surface area contributed by atoms with Gasteiger partial charge in [-0.25, -0.2) is 9.97 Å². The van der Waals surface area contributed by atoms with Crippen molar-refractivity contribution in [2.24, 2.45) is 0 Å². The van der Waals surface area contributed by atoms with Crippen molar-refractivity contribution in [2.45, 2.75) is 0 Å². The molecule has 18 aromatic carbocycles. The van der Waals surface area contributed by atoms with E-state index in [1.165, 1.54) is 10.8 Å². The van der Waals surface area contributed by atoms with Crippen LogP contribution in [0.1, 0.15) is 0 Å². The molecule has 0 saturated heterocycles. The number of nitrogens with zero attached hydrogens (tertiary/aromatic N) is 11. The van der Waals surface area contributed by atoms with Gasteiger partial charge in [0.1, 0.15) is 0 Å². The fourth-order valence-electron chi connectivity index (χ4n) is 19.7. The molecule has 0 N–H and O–H groups in total. The van der Waals surface area contributed by atoms with E-state index in [-0.39, 0.29) is 0 Å². The molecule has 11 heteroatoms. The molecule has 0 aliphatic rings. The molecule has 11 nitrogen and oxygen atoms in total. The van der Waals surface area contributed by atoms with E-state index in [1.807, 2.05) is 0 Å². The van der Waals surface area contributed by atoms with Gasteiger partial charge in [0, 0.05) is 98.4 Å². The quantitative estimate of drug-likeness (QED) is 0.136. The molecule has 556 valence electrons. The Bertz CT molecular complexity index is 8770. The van der Waals surface area contributed by atoms with Gasteiger partial charge in [-0.3, -0.25) is 13.7 Å². The number of hydrogen-bond donors (Lipinski definition) is 0. The zero-order chi connectivity index (χ0) is 78.4. The molecule has 0 atom stereocenters. The van der Waals surface area contributed by atoms with Crippen molar-refractivity contribution < 1.29 is 0 Å². The Balaban J connectivity index is 0.765. The predicted octanol–water partition coefficient (Wildman–Crippen LogP) is 27.4. The second-order valence-corrected chi connectivity index (χ2v) is 31.5. The maximum atomic E-state index is 5.97. The highest BCUT2D eigenvalue weighted by Crippen LogP contribution is 2.50. The average molecular weight is 1530 g/mol. The standard InChI is InChI=1S/C109H65N11/c1-4-32-76(33-5-1)115-93-43-21-16-38-79(93)83-55-56-84-80-39-17-23-45-95(80)118(102(84)100(83)115)108-112-106(75-53-50-68-28-12-15-31-71(68)62-75)113-109(114-108)119-96-46-24-18-40-81(96)85-57-58-86-89-63-72(54-59-98(89)117(101(86)103(85)119)78-36-8-3-9-37-78)88-64-90-82-41-19-22-44-94(82)116(77-34-6-2-7-35-77)104(90)105-99(88)87-42-20-25-47-97(87)120(105)107-110-91(73-51-48-66-26-10-13-29-69(66)60-73)65-92(111-107)74-52-49-67-27-11-14-30-70(67)61-74/h1-65H. The largest absolute Gasteiger partial charge is 0.307 e. The molecule has 0 aliphatic heterocycles. The summed E-state index contributed by atoms with van der Waals surface area (Å²) in [4.78, 5) is 29.1. The Morgan fingerprint density at radius 3 is 0.942 bits per heavy atom. The Morgan fingerprint density at radius 1 is 0.167 bits per heavy atom. The van der Waals surface area contributed by atoms with Crippen molar-refractivity contribution in [3.8, 4) is 79.9 Å². The fraction of sp³-hybridized carbons (Fsp3) is 0. The summed E-state index contributed by atoms with van der Waals surface area (Å²) in [7, 11) is 0. The molecular weight excluding hydrogens is 1460 g/mol. The van der Waals surface area contributed by atoms with E-state index < -0.39 is 0 Å². The molecule has 8 heterocycles. The van der Waals surface area contributed by atoms with Gasteiger partial charge in [-0.05, 0) is 153 Å². The molecule has 0 unspecified atom stereocenters. The van der Waals surface area contributed by atoms with Gasteiger partial charge in [-0.15, -0.1) is 0 Å². The first-order valence-electron chi connectivity index (χ1n) is 40.8. The molecule has 0 saturated carbocycles. The van der Waals surface area contributed by atoms with Gasteiger partial charge in [0.15, 0.2) is 5.82 Å². The van der Waals surface area contributed by atoms with Crippen LogP contribution in [0, 0.1) is 0 Å². The summed E-state index contributed by atoms with van der Waals surface area (Å²) in [5.41, 5.74) is 22.0. The molecule has 0 amide bonds. The highest BCUT2D eigenvalue weighted by atomic mass is 15.3. The first kappa shape index (κ1) is 66.0. The average Bonchev–Trinajstić information content (AvgIpc) is 1.54. The van der Waals surface area contributed by atoms with Crippen molar-refractivity contribution in [1.82, 2.24) is 52.3 Å². The van der Waals surface area contributed by atoms with E-state index in [1.54, 1.807) is 0 Å². The summed E-state index contributed by atoms with van der Waals surface area (Å²) in [5, 5.41) is 19.9. The van der Waals surface area contributed by atoms with Crippen LogP contribution in [0.4, 0.5) is 0 Å². The van der Waals surface area contributed by atoms with Gasteiger partial charge in [-0.2, -0.15) is 15.0 Å². The van der Waals surface area contributed by atoms with Crippen LogP contribution in [0.25, 0.3) is 243 Å². The fourth-order valence-corrected chi connectivity index (χ4v) is 19.7. The lowest BCUT2D eigenvalue weighted by Gasteiger charge is -2.15. The van der Waals surface area contributed by atoms with Crippen molar-refractivity contribution in [1.29, 1.82) is 0 Å². The van der Waals surface area contributed by atoms with Crippen LogP contribution in [0.2, 0.25) is 0 Å². The molecule has 26 rings (SSSR count). The highest BCUT2D eigenvalue weighted by Gasteiger charge is 2.31. The predicted molar refractivity (Wildman–Crippen MR) is 496 cm³/mol. The summed E-state index contributed by atoms with van der Waals surface area (Å²) in [6.45, 7) is 0. The maximum absolute atomic E-state index is 5.97. The monoisotopic (exact) mass is 1530 g/mol. The van der Waals surface area contributed by atoms with Gasteiger partial charge >= 0.3 is 0 Å². The second-order valence-electron chi connectivity index (χ2n) is 31.5. The van der Waals surface area contributed by atoms with Crippen LogP contribution in [0.3, 0.4) is 0 Å². The molecule has 8 aromatic heterocycles. The third kappa shape index (κ3) is 9.71. The molecule has 0 bridgehead atoms. The lowest BCUT2D eigenvalue weighted by Crippen LogP contribution is -2.11. The number of aromatic nitrogens is 11. The first-order valence-corrected chi connectivity index (χ1v) is 40.8. The van der Waals surface area contributed by atoms with Crippen molar-refractivity contribution in [2.75, 3.05) is 0 Å². The third-order valence-electron chi connectivity index (χ3n) is 25.0. The van der Waals surface area contributed by atoms with E-state index in [0.29, 0.717) is 23.7 Å². The van der Waals surface area contributed by atoms with Crippen LogP contribution in [-0.2, 0) is 0 Å². The van der Waals surface area contributed by atoms with E-state index in [9.17, 15) is 0 Å². The van der Waals surface area contributed by atoms with Gasteiger partial charge in [0.25, 0.3) is 0 Å². The van der Waals surface area contributed by atoms with Crippen molar-refractivity contribution in [3.63, 3.8) is 0 Å². The molecule has 0 fully saturated rings. The normalized spacial score (nSPS) is 12.2.